The number of nitrogens with one attached hydrogen (secondary N) is 1. The fraction of sp³-hybridized carbons (Fsp3) is 0.250. The number of hydrogen-bond acceptors (Lipinski definition) is 4. The molecular weight excluding hydrogens is 250 g/mol. The van der Waals surface area contributed by atoms with Gasteiger partial charge in [0.1, 0.15) is 17.6 Å². The standard InChI is InChI=1S/C16H17N3O/c1-11-4-5-14(10-17)16(18-11)19-12(2)13-6-8-15(20-3)9-7-13/h4-9,12H,1-3H3,(H,18,19). The van der Waals surface area contributed by atoms with E-state index in [1.807, 2.05) is 44.2 Å². The molecule has 1 heterocycles. The third kappa shape index (κ3) is 3.07. The van der Waals surface area contributed by atoms with Crippen LogP contribution in [0.1, 0.15) is 29.8 Å². The molecule has 1 aromatic carbocycles. The molecule has 1 atom stereocenters. The van der Waals surface area contributed by atoms with E-state index in [-0.39, 0.29) is 6.04 Å². The minimum Gasteiger partial charge on any atom is -0.497 e. The Morgan fingerprint density at radius 3 is 2.50 bits per heavy atom. The number of methoxy groups -OCH3 is 1. The number of anilines is 1. The summed E-state index contributed by atoms with van der Waals surface area (Å²) in [6.07, 6.45) is 0. The van der Waals surface area contributed by atoms with Crippen molar-refractivity contribution < 1.29 is 4.74 Å². The molecule has 1 unspecified atom stereocenters. The first kappa shape index (κ1) is 13.9. The Labute approximate surface area is 119 Å². The van der Waals surface area contributed by atoms with Gasteiger partial charge >= 0.3 is 0 Å². The number of aromatic nitrogens is 1. The lowest BCUT2D eigenvalue weighted by atomic mass is 10.1. The van der Waals surface area contributed by atoms with Gasteiger partial charge in [0.05, 0.1) is 12.7 Å². The van der Waals surface area contributed by atoms with E-state index in [9.17, 15) is 0 Å². The molecule has 2 rings (SSSR count). The highest BCUT2D eigenvalue weighted by Gasteiger charge is 2.10. The summed E-state index contributed by atoms with van der Waals surface area (Å²) in [5.41, 5.74) is 2.54. The van der Waals surface area contributed by atoms with Crippen LogP contribution in [0.3, 0.4) is 0 Å². The summed E-state index contributed by atoms with van der Waals surface area (Å²) in [6.45, 7) is 3.94. The van der Waals surface area contributed by atoms with Crippen LogP contribution in [0, 0.1) is 18.3 Å². The fourth-order valence-corrected chi connectivity index (χ4v) is 1.94. The zero-order valence-corrected chi connectivity index (χ0v) is 11.8. The maximum atomic E-state index is 9.11. The van der Waals surface area contributed by atoms with Crippen molar-refractivity contribution in [3.8, 4) is 11.8 Å². The highest BCUT2D eigenvalue weighted by atomic mass is 16.5. The van der Waals surface area contributed by atoms with E-state index >= 15 is 0 Å². The number of pyridine rings is 1. The van der Waals surface area contributed by atoms with E-state index in [1.54, 1.807) is 13.2 Å². The summed E-state index contributed by atoms with van der Waals surface area (Å²) < 4.78 is 5.14. The van der Waals surface area contributed by atoms with Gasteiger partial charge in [-0.05, 0) is 43.7 Å². The first-order chi connectivity index (χ1) is 9.63. The van der Waals surface area contributed by atoms with Crippen molar-refractivity contribution in [3.63, 3.8) is 0 Å². The first-order valence-corrected chi connectivity index (χ1v) is 6.42. The molecule has 0 saturated heterocycles. The topological polar surface area (TPSA) is 57.9 Å². The number of hydrogen-bond donors (Lipinski definition) is 1. The molecule has 20 heavy (non-hydrogen) atoms. The average Bonchev–Trinajstić information content (AvgIpc) is 2.47. The quantitative estimate of drug-likeness (QED) is 0.921. The van der Waals surface area contributed by atoms with Crippen LogP contribution in [0.5, 0.6) is 5.75 Å². The smallest absolute Gasteiger partial charge is 0.144 e. The van der Waals surface area contributed by atoms with E-state index in [0.717, 1.165) is 17.0 Å². The second-order valence-electron chi connectivity index (χ2n) is 4.60. The summed E-state index contributed by atoms with van der Waals surface area (Å²) in [5, 5.41) is 12.4. The van der Waals surface area contributed by atoms with E-state index in [4.69, 9.17) is 10.00 Å². The van der Waals surface area contributed by atoms with Crippen LogP contribution >= 0.6 is 0 Å². The molecule has 0 fully saturated rings. The van der Waals surface area contributed by atoms with Crippen LogP contribution in [0.2, 0.25) is 0 Å². The molecule has 0 bridgehead atoms. The minimum atomic E-state index is 0.0577. The number of benzene rings is 1. The van der Waals surface area contributed by atoms with Crippen molar-refractivity contribution in [1.82, 2.24) is 4.98 Å². The first-order valence-electron chi connectivity index (χ1n) is 6.42. The SMILES string of the molecule is COc1ccc(C(C)Nc2nc(C)ccc2C#N)cc1. The van der Waals surface area contributed by atoms with Gasteiger partial charge in [0.2, 0.25) is 0 Å². The normalized spacial score (nSPS) is 11.5. The van der Waals surface area contributed by atoms with Gasteiger partial charge < -0.3 is 10.1 Å². The van der Waals surface area contributed by atoms with Gasteiger partial charge in [0.15, 0.2) is 0 Å². The van der Waals surface area contributed by atoms with Crippen LogP contribution < -0.4 is 10.1 Å². The van der Waals surface area contributed by atoms with Crippen LogP contribution in [0.25, 0.3) is 0 Å². The van der Waals surface area contributed by atoms with Crippen LogP contribution in [0.15, 0.2) is 36.4 Å². The maximum absolute atomic E-state index is 9.11. The van der Waals surface area contributed by atoms with Crippen molar-refractivity contribution in [3.05, 3.63) is 53.2 Å². The molecule has 2 aromatic rings. The highest BCUT2D eigenvalue weighted by Crippen LogP contribution is 2.22. The van der Waals surface area contributed by atoms with Crippen molar-refractivity contribution >= 4 is 5.82 Å². The van der Waals surface area contributed by atoms with E-state index < -0.39 is 0 Å². The fourth-order valence-electron chi connectivity index (χ4n) is 1.94. The molecule has 0 aliphatic heterocycles. The Bertz CT molecular complexity index is 629. The summed E-state index contributed by atoms with van der Waals surface area (Å²) in [4.78, 5) is 4.38. The molecule has 0 spiro atoms. The molecule has 4 nitrogen and oxygen atoms in total. The molecular formula is C16H17N3O. The Kier molecular flexibility index (Phi) is 4.21. The second kappa shape index (κ2) is 6.07. The van der Waals surface area contributed by atoms with E-state index in [1.165, 1.54) is 0 Å². The van der Waals surface area contributed by atoms with Crippen molar-refractivity contribution in [1.29, 1.82) is 5.26 Å². The molecule has 4 heteroatoms. The lowest BCUT2D eigenvalue weighted by Crippen LogP contribution is -2.09. The van der Waals surface area contributed by atoms with Crippen LogP contribution in [0.4, 0.5) is 5.82 Å². The number of nitrogens with zero attached hydrogens (tertiary/aromatic N) is 2. The number of aryl methyl sites for hydroxylation is 1. The average molecular weight is 267 g/mol. The lowest BCUT2D eigenvalue weighted by Gasteiger charge is -2.16. The van der Waals surface area contributed by atoms with Gasteiger partial charge in [0, 0.05) is 11.7 Å². The van der Waals surface area contributed by atoms with Gasteiger partial charge in [-0.2, -0.15) is 5.26 Å². The van der Waals surface area contributed by atoms with Crippen molar-refractivity contribution in [2.24, 2.45) is 0 Å². The molecule has 0 aliphatic carbocycles. The van der Waals surface area contributed by atoms with Gasteiger partial charge in [-0.25, -0.2) is 4.98 Å². The van der Waals surface area contributed by atoms with Gasteiger partial charge in [-0.3, -0.25) is 0 Å². The molecule has 0 amide bonds. The van der Waals surface area contributed by atoms with E-state index in [2.05, 4.69) is 16.4 Å². The van der Waals surface area contributed by atoms with Gasteiger partial charge in [-0.15, -0.1) is 0 Å². The van der Waals surface area contributed by atoms with Crippen LogP contribution in [-0.4, -0.2) is 12.1 Å². The number of nitriles is 1. The second-order valence-corrected chi connectivity index (χ2v) is 4.60. The number of rotatable bonds is 4. The van der Waals surface area contributed by atoms with Crippen molar-refractivity contribution in [2.45, 2.75) is 19.9 Å². The molecule has 0 saturated carbocycles. The van der Waals surface area contributed by atoms with Crippen molar-refractivity contribution in [2.75, 3.05) is 12.4 Å². The molecule has 0 radical (unpaired) electrons. The summed E-state index contributed by atoms with van der Waals surface area (Å²) in [6, 6.07) is 13.7. The van der Waals surface area contributed by atoms with E-state index in [0.29, 0.717) is 11.4 Å². The third-order valence-electron chi connectivity index (χ3n) is 3.12. The lowest BCUT2D eigenvalue weighted by molar-refractivity contribution is 0.414. The van der Waals surface area contributed by atoms with Gasteiger partial charge in [-0.1, -0.05) is 12.1 Å². The Balaban J connectivity index is 2.20. The summed E-state index contributed by atoms with van der Waals surface area (Å²) in [7, 11) is 1.65. The van der Waals surface area contributed by atoms with Gasteiger partial charge in [0.25, 0.3) is 0 Å². The predicted molar refractivity (Wildman–Crippen MR) is 78.7 cm³/mol. The third-order valence-corrected chi connectivity index (χ3v) is 3.12. The number of ether oxygens (including phenoxy) is 1. The highest BCUT2D eigenvalue weighted by molar-refractivity contribution is 5.53. The predicted octanol–water partition coefficient (Wildman–Crippen LogP) is 3.44. The largest absolute Gasteiger partial charge is 0.497 e. The van der Waals surface area contributed by atoms with Crippen LogP contribution in [-0.2, 0) is 0 Å². The summed E-state index contributed by atoms with van der Waals surface area (Å²) in [5.74, 6) is 1.45. The Hall–Kier alpha value is -2.54. The minimum absolute atomic E-state index is 0.0577. The monoisotopic (exact) mass is 267 g/mol. The Morgan fingerprint density at radius 1 is 1.20 bits per heavy atom. The zero-order valence-electron chi connectivity index (χ0n) is 11.8. The maximum Gasteiger partial charge on any atom is 0.144 e. The Morgan fingerprint density at radius 2 is 1.90 bits per heavy atom. The molecule has 0 aliphatic rings. The zero-order chi connectivity index (χ0) is 14.5. The molecule has 102 valence electrons. The molecule has 1 N–H and O–H groups in total. The summed E-state index contributed by atoms with van der Waals surface area (Å²) >= 11 is 0. The molecule has 1 aromatic heterocycles.